The van der Waals surface area contributed by atoms with Gasteiger partial charge in [0.1, 0.15) is 4.88 Å². The molecule has 0 N–H and O–H groups in total. The van der Waals surface area contributed by atoms with Gasteiger partial charge in [0.2, 0.25) is 0 Å². The topological polar surface area (TPSA) is 20.3 Å². The van der Waals surface area contributed by atoms with E-state index in [4.69, 9.17) is 0 Å². The van der Waals surface area contributed by atoms with Crippen LogP contribution in [0.1, 0.15) is 28.1 Å². The van der Waals surface area contributed by atoms with Gasteiger partial charge in [0, 0.05) is 40.5 Å². The van der Waals surface area contributed by atoms with Crippen molar-refractivity contribution in [1.29, 1.82) is 0 Å². The fourth-order valence-corrected chi connectivity index (χ4v) is 4.50. The zero-order valence-corrected chi connectivity index (χ0v) is 14.5. The van der Waals surface area contributed by atoms with Gasteiger partial charge >= 0.3 is 6.18 Å². The minimum Gasteiger partial charge on any atom is -0.337 e. The number of benzene rings is 1. The molecule has 0 bridgehead atoms. The Balaban J connectivity index is 2.06. The van der Waals surface area contributed by atoms with Gasteiger partial charge < -0.3 is 4.90 Å². The van der Waals surface area contributed by atoms with Gasteiger partial charge in [0.25, 0.3) is 11.8 Å². The molecule has 1 aliphatic rings. The van der Waals surface area contributed by atoms with Crippen LogP contribution in [0.25, 0.3) is 10.1 Å². The number of amides is 1. The van der Waals surface area contributed by atoms with E-state index in [0.717, 1.165) is 16.2 Å². The summed E-state index contributed by atoms with van der Waals surface area (Å²) in [5.41, 5.74) is -0.994. The molecule has 24 heavy (non-hydrogen) atoms. The SMILES string of the molecule is O=C(c1sc2c(Br)cccc2c1C(F)(F)F)N1CCC(F)(F)CC1. The number of fused-ring (bicyclic) bond motifs is 1. The highest BCUT2D eigenvalue weighted by atomic mass is 79.9. The van der Waals surface area contributed by atoms with E-state index in [1.807, 2.05) is 0 Å². The summed E-state index contributed by atoms with van der Waals surface area (Å²) in [7, 11) is 0. The molecule has 0 aliphatic carbocycles. The van der Waals surface area contributed by atoms with Crippen LogP contribution in [0.5, 0.6) is 0 Å². The molecule has 2 aromatic rings. The highest BCUT2D eigenvalue weighted by molar-refractivity contribution is 9.10. The van der Waals surface area contributed by atoms with E-state index in [0.29, 0.717) is 9.17 Å². The molecule has 1 saturated heterocycles. The van der Waals surface area contributed by atoms with Crippen molar-refractivity contribution in [1.82, 2.24) is 4.90 Å². The number of carbonyl (C=O) groups excluding carboxylic acids is 1. The van der Waals surface area contributed by atoms with E-state index in [-0.39, 0.29) is 18.5 Å². The molecule has 2 heterocycles. The molecule has 0 saturated carbocycles. The summed E-state index contributed by atoms with van der Waals surface area (Å²) in [6.07, 6.45) is -5.77. The van der Waals surface area contributed by atoms with E-state index in [9.17, 15) is 26.7 Å². The molecule has 1 aliphatic heterocycles. The van der Waals surface area contributed by atoms with E-state index >= 15 is 0 Å². The average molecular weight is 428 g/mol. The fraction of sp³-hybridized carbons (Fsp3) is 0.400. The zero-order valence-electron chi connectivity index (χ0n) is 12.1. The normalized spacial score (nSPS) is 18.2. The highest BCUT2D eigenvalue weighted by Gasteiger charge is 2.42. The van der Waals surface area contributed by atoms with Crippen molar-refractivity contribution < 1.29 is 26.7 Å². The van der Waals surface area contributed by atoms with Crippen LogP contribution in [0.15, 0.2) is 22.7 Å². The van der Waals surface area contributed by atoms with Crippen molar-refractivity contribution in [2.24, 2.45) is 0 Å². The van der Waals surface area contributed by atoms with Crippen molar-refractivity contribution >= 4 is 43.3 Å². The summed E-state index contributed by atoms with van der Waals surface area (Å²) in [4.78, 5) is 13.2. The van der Waals surface area contributed by atoms with Gasteiger partial charge in [-0.3, -0.25) is 4.79 Å². The third-order valence-corrected chi connectivity index (χ3v) is 6.08. The lowest BCUT2D eigenvalue weighted by Gasteiger charge is -2.31. The van der Waals surface area contributed by atoms with Crippen LogP contribution in [0.3, 0.4) is 0 Å². The zero-order chi connectivity index (χ0) is 17.7. The number of hydrogen-bond acceptors (Lipinski definition) is 2. The van der Waals surface area contributed by atoms with Crippen LogP contribution in [-0.4, -0.2) is 29.8 Å². The van der Waals surface area contributed by atoms with Crippen LogP contribution in [0.4, 0.5) is 22.0 Å². The van der Waals surface area contributed by atoms with Crippen molar-refractivity contribution in [3.63, 3.8) is 0 Å². The molecule has 0 atom stereocenters. The lowest BCUT2D eigenvalue weighted by atomic mass is 10.1. The Kier molecular flexibility index (Phi) is 4.36. The standard InChI is InChI=1S/C15H11BrF5NOS/c16-9-3-1-2-8-10(15(19,20)21)12(24-11(8)9)13(23)22-6-4-14(17,18)5-7-22/h1-3H,4-7H2. The number of piperidine rings is 1. The van der Waals surface area contributed by atoms with Crippen LogP contribution < -0.4 is 0 Å². The number of nitrogens with zero attached hydrogens (tertiary/aromatic N) is 1. The van der Waals surface area contributed by atoms with Gasteiger partial charge in [-0.05, 0) is 22.0 Å². The second-order valence-corrected chi connectivity index (χ2v) is 7.44. The summed E-state index contributed by atoms with van der Waals surface area (Å²) in [6, 6.07) is 4.36. The Labute approximate surface area is 146 Å². The first-order valence-corrected chi connectivity index (χ1v) is 8.66. The average Bonchev–Trinajstić information content (AvgIpc) is 2.87. The number of alkyl halides is 5. The molecule has 0 radical (unpaired) electrons. The Morgan fingerprint density at radius 2 is 1.83 bits per heavy atom. The maximum Gasteiger partial charge on any atom is 0.418 e. The number of carbonyl (C=O) groups is 1. The molecule has 9 heteroatoms. The minimum absolute atomic E-state index is 0.0624. The van der Waals surface area contributed by atoms with Gasteiger partial charge in [0.05, 0.1) is 5.56 Å². The third kappa shape index (κ3) is 3.15. The monoisotopic (exact) mass is 427 g/mol. The summed E-state index contributed by atoms with van der Waals surface area (Å²) >= 11 is 3.92. The van der Waals surface area contributed by atoms with Gasteiger partial charge in [-0.25, -0.2) is 8.78 Å². The molecule has 1 amide bonds. The largest absolute Gasteiger partial charge is 0.418 e. The van der Waals surface area contributed by atoms with Crippen molar-refractivity contribution in [3.8, 4) is 0 Å². The molecule has 3 rings (SSSR count). The van der Waals surface area contributed by atoms with Gasteiger partial charge in [0.15, 0.2) is 0 Å². The maximum atomic E-state index is 13.5. The molecule has 0 spiro atoms. The molecule has 1 aromatic heterocycles. The molecule has 1 aromatic carbocycles. The number of halogens is 6. The number of thiophene rings is 1. The first kappa shape index (κ1) is 17.6. The van der Waals surface area contributed by atoms with E-state index in [2.05, 4.69) is 15.9 Å². The van der Waals surface area contributed by atoms with Gasteiger partial charge in [-0.2, -0.15) is 13.2 Å². The molecular formula is C15H11BrF5NOS. The quantitative estimate of drug-likeness (QED) is 0.546. The van der Waals surface area contributed by atoms with Crippen LogP contribution in [0, 0.1) is 0 Å². The predicted octanol–water partition coefficient (Wildman–Crippen LogP) is 5.55. The van der Waals surface area contributed by atoms with Crippen LogP contribution in [0.2, 0.25) is 0 Å². The molecule has 0 unspecified atom stereocenters. The smallest absolute Gasteiger partial charge is 0.337 e. The summed E-state index contributed by atoms with van der Waals surface area (Å²) in [5, 5.41) is -0.0624. The minimum atomic E-state index is -4.70. The van der Waals surface area contributed by atoms with Crippen molar-refractivity contribution in [2.75, 3.05) is 13.1 Å². The van der Waals surface area contributed by atoms with E-state index in [1.165, 1.54) is 12.1 Å². The lowest BCUT2D eigenvalue weighted by molar-refractivity contribution is -0.136. The van der Waals surface area contributed by atoms with Crippen molar-refractivity contribution in [3.05, 3.63) is 33.1 Å². The highest BCUT2D eigenvalue weighted by Crippen LogP contribution is 2.45. The Morgan fingerprint density at radius 1 is 1.21 bits per heavy atom. The van der Waals surface area contributed by atoms with Crippen LogP contribution >= 0.6 is 27.3 Å². The van der Waals surface area contributed by atoms with Crippen LogP contribution in [-0.2, 0) is 6.18 Å². The van der Waals surface area contributed by atoms with Crippen molar-refractivity contribution in [2.45, 2.75) is 24.9 Å². The first-order valence-electron chi connectivity index (χ1n) is 7.05. The Hall–Kier alpha value is -1.22. The lowest BCUT2D eigenvalue weighted by Crippen LogP contribution is -2.42. The summed E-state index contributed by atoms with van der Waals surface area (Å²) in [6.45, 7) is -0.503. The molecular weight excluding hydrogens is 417 g/mol. The predicted molar refractivity (Wildman–Crippen MR) is 84.6 cm³/mol. The number of hydrogen-bond donors (Lipinski definition) is 0. The maximum absolute atomic E-state index is 13.5. The molecule has 130 valence electrons. The third-order valence-electron chi connectivity index (χ3n) is 3.93. The van der Waals surface area contributed by atoms with Gasteiger partial charge in [-0.1, -0.05) is 12.1 Å². The summed E-state index contributed by atoms with van der Waals surface area (Å²) in [5.74, 6) is -3.71. The second kappa shape index (κ2) is 5.94. The Morgan fingerprint density at radius 3 is 2.42 bits per heavy atom. The first-order chi connectivity index (χ1) is 11.1. The second-order valence-electron chi connectivity index (χ2n) is 5.57. The summed E-state index contributed by atoms with van der Waals surface area (Å²) < 4.78 is 67.7. The van der Waals surface area contributed by atoms with E-state index in [1.54, 1.807) is 6.07 Å². The van der Waals surface area contributed by atoms with Gasteiger partial charge in [-0.15, -0.1) is 11.3 Å². The molecule has 1 fully saturated rings. The number of likely N-dealkylation sites (tertiary alicyclic amines) is 1. The van der Waals surface area contributed by atoms with E-state index < -0.39 is 41.3 Å². The molecule has 2 nitrogen and oxygen atoms in total. The fourth-order valence-electron chi connectivity index (χ4n) is 2.70. The Bertz CT molecular complexity index is 791. The number of rotatable bonds is 1.